The fraction of sp³-hybridized carbons (Fsp3) is 0.333. The second kappa shape index (κ2) is 5.28. The molecule has 1 unspecified atom stereocenters. The molecule has 0 saturated carbocycles. The zero-order valence-electron chi connectivity index (χ0n) is 11.1. The van der Waals surface area contributed by atoms with Crippen LogP contribution in [0.4, 0.5) is 5.69 Å². The maximum atomic E-state index is 9.36. The summed E-state index contributed by atoms with van der Waals surface area (Å²) >= 11 is 6.10. The van der Waals surface area contributed by atoms with Crippen molar-refractivity contribution in [1.82, 2.24) is 4.98 Å². The normalized spacial score (nSPS) is 19.1. The molecule has 5 heteroatoms. The molecular weight excluding hydrogens is 274 g/mol. The summed E-state index contributed by atoms with van der Waals surface area (Å²) < 4.78 is 5.57. The molecule has 0 radical (unpaired) electrons. The average Bonchev–Trinajstić information content (AvgIpc) is 2.45. The number of nitriles is 1. The predicted octanol–water partition coefficient (Wildman–Crippen LogP) is 2.98. The van der Waals surface area contributed by atoms with Crippen molar-refractivity contribution in [3.8, 4) is 6.07 Å². The largest absolute Gasteiger partial charge is 0.375 e. The first-order chi connectivity index (χ1) is 9.69. The number of nitrogens with zero attached hydrogens (tertiary/aromatic N) is 3. The molecule has 0 spiro atoms. The van der Waals surface area contributed by atoms with Gasteiger partial charge in [0.2, 0.25) is 0 Å². The molecular formula is C15H14ClN3O. The van der Waals surface area contributed by atoms with E-state index in [1.807, 2.05) is 25.1 Å². The van der Waals surface area contributed by atoms with Crippen molar-refractivity contribution in [3.05, 3.63) is 35.0 Å². The second-order valence-electron chi connectivity index (χ2n) is 4.92. The van der Waals surface area contributed by atoms with Crippen molar-refractivity contribution < 1.29 is 4.74 Å². The molecule has 0 bridgehead atoms. The molecule has 0 amide bonds. The summed E-state index contributed by atoms with van der Waals surface area (Å²) in [5.41, 5.74) is 2.34. The van der Waals surface area contributed by atoms with Gasteiger partial charge in [-0.15, -0.1) is 0 Å². The zero-order chi connectivity index (χ0) is 14.1. The molecule has 0 aliphatic carbocycles. The molecule has 1 aliphatic heterocycles. The van der Waals surface area contributed by atoms with E-state index in [2.05, 4.69) is 16.0 Å². The van der Waals surface area contributed by atoms with E-state index in [9.17, 15) is 5.26 Å². The highest BCUT2D eigenvalue weighted by Crippen LogP contribution is 2.32. The molecule has 1 aromatic heterocycles. The monoisotopic (exact) mass is 287 g/mol. The lowest BCUT2D eigenvalue weighted by atomic mass is 10.1. The number of hydrogen-bond donors (Lipinski definition) is 0. The lowest BCUT2D eigenvalue weighted by molar-refractivity contribution is 0.0533. The summed E-state index contributed by atoms with van der Waals surface area (Å²) in [5, 5.41) is 10.9. The number of ether oxygens (including phenoxy) is 1. The Morgan fingerprint density at radius 1 is 1.50 bits per heavy atom. The molecule has 2 aromatic rings. The summed E-state index contributed by atoms with van der Waals surface area (Å²) in [4.78, 5) is 6.52. The number of fused-ring (bicyclic) bond motifs is 1. The van der Waals surface area contributed by atoms with Crippen LogP contribution < -0.4 is 4.90 Å². The van der Waals surface area contributed by atoms with Crippen LogP contribution in [0.3, 0.4) is 0 Å². The number of pyridine rings is 1. The van der Waals surface area contributed by atoms with Crippen molar-refractivity contribution in [2.45, 2.75) is 13.0 Å². The van der Waals surface area contributed by atoms with E-state index in [4.69, 9.17) is 16.3 Å². The lowest BCUT2D eigenvalue weighted by Crippen LogP contribution is -2.41. The first kappa shape index (κ1) is 13.2. The second-order valence-corrected chi connectivity index (χ2v) is 5.36. The Morgan fingerprint density at radius 2 is 2.35 bits per heavy atom. The van der Waals surface area contributed by atoms with E-state index < -0.39 is 0 Å². The van der Waals surface area contributed by atoms with Gasteiger partial charge in [-0.25, -0.2) is 0 Å². The minimum Gasteiger partial charge on any atom is -0.375 e. The molecule has 102 valence electrons. The molecule has 1 aromatic carbocycles. The third-order valence-electron chi connectivity index (χ3n) is 3.48. The van der Waals surface area contributed by atoms with Gasteiger partial charge in [0, 0.05) is 29.7 Å². The van der Waals surface area contributed by atoms with E-state index in [1.54, 1.807) is 6.20 Å². The third kappa shape index (κ3) is 2.31. The quantitative estimate of drug-likeness (QED) is 0.809. The molecule has 0 N–H and O–H groups in total. The maximum absolute atomic E-state index is 9.36. The van der Waals surface area contributed by atoms with Gasteiger partial charge < -0.3 is 9.64 Å². The molecule has 1 saturated heterocycles. The van der Waals surface area contributed by atoms with Gasteiger partial charge in [-0.05, 0) is 25.1 Å². The van der Waals surface area contributed by atoms with Gasteiger partial charge in [0.1, 0.15) is 6.07 Å². The van der Waals surface area contributed by atoms with Gasteiger partial charge in [0.05, 0.1) is 29.5 Å². The molecule has 3 rings (SSSR count). The smallest absolute Gasteiger partial charge is 0.103 e. The highest BCUT2D eigenvalue weighted by atomic mass is 35.5. The zero-order valence-corrected chi connectivity index (χ0v) is 11.9. The topological polar surface area (TPSA) is 49.2 Å². The number of aromatic nitrogens is 1. The van der Waals surface area contributed by atoms with Crippen LogP contribution in [0.25, 0.3) is 10.9 Å². The minimum atomic E-state index is 0.151. The summed E-state index contributed by atoms with van der Waals surface area (Å²) in [6.07, 6.45) is 1.78. The number of morpholine rings is 1. The first-order valence-electron chi connectivity index (χ1n) is 6.54. The van der Waals surface area contributed by atoms with E-state index in [-0.39, 0.29) is 6.10 Å². The van der Waals surface area contributed by atoms with Crippen LogP contribution in [0.1, 0.15) is 12.5 Å². The van der Waals surface area contributed by atoms with E-state index in [0.717, 1.165) is 29.7 Å². The number of benzene rings is 1. The van der Waals surface area contributed by atoms with Gasteiger partial charge in [0.15, 0.2) is 0 Å². The van der Waals surface area contributed by atoms with Crippen LogP contribution in [0.15, 0.2) is 24.4 Å². The van der Waals surface area contributed by atoms with Crippen molar-refractivity contribution in [2.24, 2.45) is 0 Å². The van der Waals surface area contributed by atoms with Crippen molar-refractivity contribution in [1.29, 1.82) is 5.26 Å². The number of anilines is 1. The molecule has 2 heterocycles. The van der Waals surface area contributed by atoms with Crippen LogP contribution in [0.2, 0.25) is 5.02 Å². The van der Waals surface area contributed by atoms with E-state index >= 15 is 0 Å². The molecule has 4 nitrogen and oxygen atoms in total. The molecule has 1 fully saturated rings. The van der Waals surface area contributed by atoms with Crippen LogP contribution >= 0.6 is 11.6 Å². The van der Waals surface area contributed by atoms with Gasteiger partial charge in [0.25, 0.3) is 0 Å². The van der Waals surface area contributed by atoms with Gasteiger partial charge in [-0.2, -0.15) is 5.26 Å². The Labute approximate surface area is 122 Å². The number of halogens is 1. The Bertz CT molecular complexity index is 695. The van der Waals surface area contributed by atoms with E-state index in [1.165, 1.54) is 0 Å². The fourth-order valence-electron chi connectivity index (χ4n) is 2.59. The molecule has 20 heavy (non-hydrogen) atoms. The summed E-state index contributed by atoms with van der Waals surface area (Å²) in [5.74, 6) is 0. The van der Waals surface area contributed by atoms with Crippen molar-refractivity contribution >= 4 is 28.2 Å². The third-order valence-corrected chi connectivity index (χ3v) is 3.71. The van der Waals surface area contributed by atoms with Crippen molar-refractivity contribution in [2.75, 3.05) is 24.6 Å². The van der Waals surface area contributed by atoms with Gasteiger partial charge in [-0.3, -0.25) is 4.98 Å². The Kier molecular flexibility index (Phi) is 3.47. The van der Waals surface area contributed by atoms with Crippen molar-refractivity contribution in [3.63, 3.8) is 0 Å². The minimum absolute atomic E-state index is 0.151. The highest BCUT2D eigenvalue weighted by molar-refractivity contribution is 6.31. The van der Waals surface area contributed by atoms with E-state index in [0.29, 0.717) is 17.2 Å². The summed E-state index contributed by atoms with van der Waals surface area (Å²) in [6.45, 7) is 4.23. The number of hydrogen-bond acceptors (Lipinski definition) is 4. The number of rotatable bonds is 1. The lowest BCUT2D eigenvalue weighted by Gasteiger charge is -2.34. The maximum Gasteiger partial charge on any atom is 0.103 e. The molecule has 1 atom stereocenters. The van der Waals surface area contributed by atoms with Crippen LogP contribution in [-0.4, -0.2) is 30.8 Å². The Morgan fingerprint density at radius 3 is 3.10 bits per heavy atom. The van der Waals surface area contributed by atoms with Crippen LogP contribution in [0, 0.1) is 11.3 Å². The van der Waals surface area contributed by atoms with Crippen LogP contribution in [-0.2, 0) is 4.74 Å². The van der Waals surface area contributed by atoms with Gasteiger partial charge >= 0.3 is 0 Å². The first-order valence-corrected chi connectivity index (χ1v) is 6.92. The van der Waals surface area contributed by atoms with Crippen LogP contribution in [0.5, 0.6) is 0 Å². The highest BCUT2D eigenvalue weighted by Gasteiger charge is 2.22. The average molecular weight is 288 g/mol. The van der Waals surface area contributed by atoms with Gasteiger partial charge in [-0.1, -0.05) is 11.6 Å². The molecule has 1 aliphatic rings. The predicted molar refractivity (Wildman–Crippen MR) is 79.1 cm³/mol. The summed E-state index contributed by atoms with van der Waals surface area (Å²) in [6, 6.07) is 7.80. The Balaban J connectivity index is 2.20. The fourth-order valence-corrected chi connectivity index (χ4v) is 2.77. The standard InChI is InChI=1S/C15H14ClN3O/c1-10-9-19(4-5-20-10)15-11(7-17)8-18-14-3-2-12(16)6-13(14)15/h2-3,6,8,10H,4-5,9H2,1H3. The summed E-state index contributed by atoms with van der Waals surface area (Å²) in [7, 11) is 0. The SMILES string of the molecule is CC1CN(c2c(C#N)cnc3ccc(Cl)cc23)CCO1. The Hall–Kier alpha value is -1.83.